The first-order valence-corrected chi connectivity index (χ1v) is 7.14. The van der Waals surface area contributed by atoms with Gasteiger partial charge in [-0.2, -0.15) is 5.10 Å². The maximum Gasteiger partial charge on any atom is 0.336 e. The van der Waals surface area contributed by atoms with E-state index >= 15 is 0 Å². The molecule has 0 unspecified atom stereocenters. The number of nitrogens with zero attached hydrogens (tertiary/aromatic N) is 1. The minimum atomic E-state index is -0.429. The average molecular weight is 326 g/mol. The van der Waals surface area contributed by atoms with Gasteiger partial charge in [0.15, 0.2) is 6.61 Å². The molecule has 0 fully saturated rings. The van der Waals surface area contributed by atoms with E-state index in [1.54, 1.807) is 30.3 Å². The third kappa shape index (κ3) is 3.70. The van der Waals surface area contributed by atoms with Crippen LogP contribution in [0.2, 0.25) is 0 Å². The van der Waals surface area contributed by atoms with Crippen molar-refractivity contribution in [3.63, 3.8) is 0 Å². The fourth-order valence-corrected chi connectivity index (χ4v) is 2.11. The Labute approximate surface area is 136 Å². The van der Waals surface area contributed by atoms with Gasteiger partial charge < -0.3 is 13.6 Å². The molecule has 2 heterocycles. The number of furan rings is 1. The zero-order chi connectivity index (χ0) is 16.9. The SMILES string of the molecule is Cc1cc(=O)oc2cc(OCC(=O)N/N=C/c3ccco3)ccc12. The summed E-state index contributed by atoms with van der Waals surface area (Å²) in [6.45, 7) is 1.60. The molecule has 1 aromatic carbocycles. The number of hydrazone groups is 1. The van der Waals surface area contributed by atoms with Gasteiger partial charge in [-0.25, -0.2) is 10.2 Å². The van der Waals surface area contributed by atoms with Crippen LogP contribution >= 0.6 is 0 Å². The van der Waals surface area contributed by atoms with Gasteiger partial charge in [0.05, 0.1) is 12.5 Å². The fourth-order valence-electron chi connectivity index (χ4n) is 2.11. The number of hydrogen-bond acceptors (Lipinski definition) is 6. The number of ether oxygens (including phenoxy) is 1. The van der Waals surface area contributed by atoms with Gasteiger partial charge in [0.2, 0.25) is 0 Å². The minimum Gasteiger partial charge on any atom is -0.484 e. The Morgan fingerprint density at radius 3 is 3.00 bits per heavy atom. The predicted molar refractivity (Wildman–Crippen MR) is 87.2 cm³/mol. The van der Waals surface area contributed by atoms with E-state index in [1.165, 1.54) is 18.5 Å². The normalized spacial score (nSPS) is 11.0. The van der Waals surface area contributed by atoms with Crippen LogP contribution in [0.3, 0.4) is 0 Å². The summed E-state index contributed by atoms with van der Waals surface area (Å²) in [5, 5.41) is 4.56. The average Bonchev–Trinajstić information content (AvgIpc) is 3.05. The Balaban J connectivity index is 1.61. The lowest BCUT2D eigenvalue weighted by molar-refractivity contribution is -0.123. The first-order chi connectivity index (χ1) is 11.6. The molecule has 3 rings (SSSR count). The molecule has 0 radical (unpaired) electrons. The van der Waals surface area contributed by atoms with Gasteiger partial charge in [0.1, 0.15) is 17.1 Å². The summed E-state index contributed by atoms with van der Waals surface area (Å²) < 4.78 is 15.5. The Kier molecular flexibility index (Phi) is 4.42. The van der Waals surface area contributed by atoms with Crippen molar-refractivity contribution >= 4 is 23.1 Å². The molecule has 7 heteroatoms. The molecule has 24 heavy (non-hydrogen) atoms. The molecule has 1 amide bonds. The highest BCUT2D eigenvalue weighted by Gasteiger charge is 2.06. The Morgan fingerprint density at radius 2 is 2.21 bits per heavy atom. The molecule has 3 aromatic rings. The highest BCUT2D eigenvalue weighted by molar-refractivity contribution is 5.82. The van der Waals surface area contributed by atoms with Gasteiger partial charge in [0.25, 0.3) is 5.91 Å². The van der Waals surface area contributed by atoms with Gasteiger partial charge >= 0.3 is 5.63 Å². The molecular formula is C17H14N2O5. The quantitative estimate of drug-likeness (QED) is 0.441. The summed E-state index contributed by atoms with van der Waals surface area (Å²) in [5.74, 6) is 0.515. The number of aryl methyl sites for hydroxylation is 1. The molecule has 0 saturated heterocycles. The number of amides is 1. The number of benzene rings is 1. The lowest BCUT2D eigenvalue weighted by atomic mass is 10.1. The van der Waals surface area contributed by atoms with Gasteiger partial charge in [-0.05, 0) is 36.8 Å². The minimum absolute atomic E-state index is 0.225. The molecular weight excluding hydrogens is 312 g/mol. The summed E-state index contributed by atoms with van der Waals surface area (Å²) in [5.41, 5.74) is 3.12. The van der Waals surface area contributed by atoms with E-state index in [4.69, 9.17) is 13.6 Å². The molecule has 1 N–H and O–H groups in total. The maximum atomic E-state index is 11.7. The molecule has 0 aliphatic heterocycles. The number of nitrogens with one attached hydrogen (secondary N) is 1. The van der Waals surface area contributed by atoms with Crippen molar-refractivity contribution < 1.29 is 18.4 Å². The molecule has 2 aromatic heterocycles. The van der Waals surface area contributed by atoms with Crippen LogP contribution in [-0.2, 0) is 4.79 Å². The number of carbonyl (C=O) groups excluding carboxylic acids is 1. The molecule has 0 aliphatic carbocycles. The summed E-state index contributed by atoms with van der Waals surface area (Å²) in [6.07, 6.45) is 2.89. The molecule has 0 spiro atoms. The summed E-state index contributed by atoms with van der Waals surface area (Å²) in [6, 6.07) is 9.89. The fraction of sp³-hybridized carbons (Fsp3) is 0.118. The lowest BCUT2D eigenvalue weighted by Gasteiger charge is -2.06. The third-order valence-corrected chi connectivity index (χ3v) is 3.22. The van der Waals surface area contributed by atoms with E-state index < -0.39 is 11.5 Å². The predicted octanol–water partition coefficient (Wildman–Crippen LogP) is 2.22. The molecule has 0 atom stereocenters. The topological polar surface area (TPSA) is 94.0 Å². The zero-order valence-corrected chi connectivity index (χ0v) is 12.8. The van der Waals surface area contributed by atoms with E-state index in [2.05, 4.69) is 10.5 Å². The van der Waals surface area contributed by atoms with Gasteiger partial charge in [-0.1, -0.05) is 0 Å². The first kappa shape index (κ1) is 15.5. The highest BCUT2D eigenvalue weighted by atomic mass is 16.5. The standard InChI is InChI=1S/C17H14N2O5/c1-11-7-17(21)24-15-8-12(4-5-14(11)15)23-10-16(20)19-18-9-13-3-2-6-22-13/h2-9H,10H2,1H3,(H,19,20)/b18-9+. The van der Waals surface area contributed by atoms with E-state index in [-0.39, 0.29) is 6.61 Å². The third-order valence-electron chi connectivity index (χ3n) is 3.22. The van der Waals surface area contributed by atoms with E-state index in [9.17, 15) is 9.59 Å². The van der Waals surface area contributed by atoms with Crippen LogP contribution < -0.4 is 15.8 Å². The van der Waals surface area contributed by atoms with Gasteiger partial charge in [-0.3, -0.25) is 4.79 Å². The van der Waals surface area contributed by atoms with E-state index in [0.717, 1.165) is 10.9 Å². The van der Waals surface area contributed by atoms with Crippen LogP contribution in [0.1, 0.15) is 11.3 Å². The van der Waals surface area contributed by atoms with Crippen molar-refractivity contribution in [1.29, 1.82) is 0 Å². The smallest absolute Gasteiger partial charge is 0.336 e. The Hall–Kier alpha value is -3.35. The molecule has 0 aliphatic rings. The number of hydrogen-bond donors (Lipinski definition) is 1. The van der Waals surface area contributed by atoms with Gasteiger partial charge in [-0.15, -0.1) is 0 Å². The van der Waals surface area contributed by atoms with Crippen LogP contribution in [-0.4, -0.2) is 18.7 Å². The maximum absolute atomic E-state index is 11.7. The summed E-state index contributed by atoms with van der Waals surface area (Å²) >= 11 is 0. The molecule has 7 nitrogen and oxygen atoms in total. The monoisotopic (exact) mass is 326 g/mol. The van der Waals surface area contributed by atoms with E-state index in [1.807, 2.05) is 6.92 Å². The van der Waals surface area contributed by atoms with Crippen LogP contribution in [0, 0.1) is 6.92 Å². The number of fused-ring (bicyclic) bond motifs is 1. The molecule has 0 bridgehead atoms. The van der Waals surface area contributed by atoms with Crippen LogP contribution in [0.4, 0.5) is 0 Å². The number of rotatable bonds is 5. The Bertz CT molecular complexity index is 941. The van der Waals surface area contributed by atoms with Crippen molar-refractivity contribution in [3.8, 4) is 5.75 Å². The van der Waals surface area contributed by atoms with Crippen molar-refractivity contribution in [2.24, 2.45) is 5.10 Å². The van der Waals surface area contributed by atoms with Crippen molar-refractivity contribution in [3.05, 3.63) is 64.4 Å². The second kappa shape index (κ2) is 6.82. The van der Waals surface area contributed by atoms with Crippen LogP contribution in [0.15, 0.2) is 61.4 Å². The second-order valence-electron chi connectivity index (χ2n) is 5.00. The van der Waals surface area contributed by atoms with Gasteiger partial charge in [0, 0.05) is 17.5 Å². The summed E-state index contributed by atoms with van der Waals surface area (Å²) in [7, 11) is 0. The largest absolute Gasteiger partial charge is 0.484 e. The van der Waals surface area contributed by atoms with Crippen molar-refractivity contribution in [2.75, 3.05) is 6.61 Å². The highest BCUT2D eigenvalue weighted by Crippen LogP contribution is 2.22. The molecule has 122 valence electrons. The summed E-state index contributed by atoms with van der Waals surface area (Å²) in [4.78, 5) is 23.1. The van der Waals surface area contributed by atoms with E-state index in [0.29, 0.717) is 17.1 Å². The van der Waals surface area contributed by atoms with Crippen LogP contribution in [0.25, 0.3) is 11.0 Å². The first-order valence-electron chi connectivity index (χ1n) is 7.14. The van der Waals surface area contributed by atoms with Crippen LogP contribution in [0.5, 0.6) is 5.75 Å². The Morgan fingerprint density at radius 1 is 1.33 bits per heavy atom. The number of carbonyl (C=O) groups is 1. The lowest BCUT2D eigenvalue weighted by Crippen LogP contribution is -2.24. The zero-order valence-electron chi connectivity index (χ0n) is 12.8. The van der Waals surface area contributed by atoms with Crippen molar-refractivity contribution in [2.45, 2.75) is 6.92 Å². The van der Waals surface area contributed by atoms with Crippen molar-refractivity contribution in [1.82, 2.24) is 5.43 Å². The second-order valence-corrected chi connectivity index (χ2v) is 5.00. The molecule has 0 saturated carbocycles.